The lowest BCUT2D eigenvalue weighted by molar-refractivity contribution is -0.129. The van der Waals surface area contributed by atoms with Crippen LogP contribution in [0.1, 0.15) is 17.3 Å². The Morgan fingerprint density at radius 3 is 2.33 bits per heavy atom. The van der Waals surface area contributed by atoms with Crippen molar-refractivity contribution in [3.05, 3.63) is 52.5 Å². The van der Waals surface area contributed by atoms with Crippen molar-refractivity contribution < 1.29 is 14.3 Å². The van der Waals surface area contributed by atoms with E-state index in [0.29, 0.717) is 11.3 Å². The normalized spacial score (nSPS) is 13.6. The van der Waals surface area contributed by atoms with E-state index in [4.69, 9.17) is 17.0 Å². The molecule has 1 saturated heterocycles. The summed E-state index contributed by atoms with van der Waals surface area (Å²) >= 11 is 8.63. The molecule has 3 rings (SSSR count). The molecule has 1 fully saturated rings. The second-order valence-corrected chi connectivity index (χ2v) is 8.12. The maximum Gasteiger partial charge on any atom is 0.261 e. The summed E-state index contributed by atoms with van der Waals surface area (Å²) < 4.78 is 6.01. The first kappa shape index (κ1) is 22.0. The van der Waals surface area contributed by atoms with Gasteiger partial charge in [0.05, 0.1) is 12.7 Å². The van der Waals surface area contributed by atoms with Crippen molar-refractivity contribution >= 4 is 56.4 Å². The highest BCUT2D eigenvalue weighted by Crippen LogP contribution is 2.23. The van der Waals surface area contributed by atoms with Gasteiger partial charge in [-0.05, 0) is 54.7 Å². The number of hydrogen-bond donors (Lipinski definition) is 2. The molecule has 0 bridgehead atoms. The third kappa shape index (κ3) is 5.48. The summed E-state index contributed by atoms with van der Waals surface area (Å²) in [6.45, 7) is 4.66. The first-order valence-corrected chi connectivity index (χ1v) is 10.6. The molecule has 0 saturated carbocycles. The average molecular weight is 491 g/mol. The number of rotatable bonds is 4. The molecule has 1 heterocycles. The SMILES string of the molecule is COc1ccc(Br)cc1C(=O)NC(=S)Nc1ccc(N2CCN(C(C)=O)CC2)cc1. The molecule has 0 unspecified atom stereocenters. The summed E-state index contributed by atoms with van der Waals surface area (Å²) in [4.78, 5) is 28.1. The highest BCUT2D eigenvalue weighted by molar-refractivity contribution is 9.10. The number of ether oxygens (including phenoxy) is 1. The number of thiocarbonyl (C=S) groups is 1. The molecule has 0 spiro atoms. The highest BCUT2D eigenvalue weighted by Gasteiger charge is 2.19. The molecule has 0 atom stereocenters. The van der Waals surface area contributed by atoms with Crippen LogP contribution in [-0.2, 0) is 4.79 Å². The maximum atomic E-state index is 12.5. The molecular formula is C21H23BrN4O3S. The molecule has 9 heteroatoms. The number of benzene rings is 2. The Morgan fingerprint density at radius 1 is 1.07 bits per heavy atom. The van der Waals surface area contributed by atoms with Crippen molar-refractivity contribution in [2.45, 2.75) is 6.92 Å². The Morgan fingerprint density at radius 2 is 1.73 bits per heavy atom. The summed E-state index contributed by atoms with van der Waals surface area (Å²) in [5.74, 6) is 0.226. The van der Waals surface area contributed by atoms with Gasteiger partial charge in [0, 0.05) is 49.0 Å². The molecule has 2 aromatic rings. The van der Waals surface area contributed by atoms with E-state index in [-0.39, 0.29) is 16.9 Å². The second-order valence-electron chi connectivity index (χ2n) is 6.79. The zero-order valence-corrected chi connectivity index (χ0v) is 19.2. The average Bonchev–Trinajstić information content (AvgIpc) is 2.74. The zero-order valence-electron chi connectivity index (χ0n) is 16.8. The van der Waals surface area contributed by atoms with E-state index in [9.17, 15) is 9.59 Å². The fourth-order valence-electron chi connectivity index (χ4n) is 3.23. The monoisotopic (exact) mass is 490 g/mol. The van der Waals surface area contributed by atoms with E-state index in [1.54, 1.807) is 25.1 Å². The molecule has 2 N–H and O–H groups in total. The zero-order chi connectivity index (χ0) is 21.7. The van der Waals surface area contributed by atoms with Gasteiger partial charge in [-0.1, -0.05) is 15.9 Å². The molecule has 2 amide bonds. The third-order valence-corrected chi connectivity index (χ3v) is 5.55. The maximum absolute atomic E-state index is 12.5. The van der Waals surface area contributed by atoms with Gasteiger partial charge in [0.25, 0.3) is 5.91 Å². The number of piperazine rings is 1. The van der Waals surface area contributed by atoms with Crippen LogP contribution in [0.5, 0.6) is 5.75 Å². The summed E-state index contributed by atoms with van der Waals surface area (Å²) in [6.07, 6.45) is 0. The molecule has 158 valence electrons. The number of methoxy groups -OCH3 is 1. The van der Waals surface area contributed by atoms with Crippen LogP contribution in [0.2, 0.25) is 0 Å². The van der Waals surface area contributed by atoms with E-state index in [1.165, 1.54) is 7.11 Å². The number of carbonyl (C=O) groups is 2. The first-order chi connectivity index (χ1) is 14.4. The van der Waals surface area contributed by atoms with E-state index in [2.05, 4.69) is 31.5 Å². The molecule has 0 aromatic heterocycles. The summed E-state index contributed by atoms with van der Waals surface area (Å²) in [7, 11) is 1.51. The minimum absolute atomic E-state index is 0.116. The minimum atomic E-state index is -0.356. The van der Waals surface area contributed by atoms with Crippen molar-refractivity contribution in [3.63, 3.8) is 0 Å². The molecule has 1 aliphatic rings. The Kier molecular flexibility index (Phi) is 7.28. The highest BCUT2D eigenvalue weighted by atomic mass is 79.9. The van der Waals surface area contributed by atoms with E-state index < -0.39 is 0 Å². The molecule has 1 aliphatic heterocycles. The van der Waals surface area contributed by atoms with Crippen LogP contribution in [0, 0.1) is 0 Å². The second kappa shape index (κ2) is 9.90. The Hall–Kier alpha value is -2.65. The van der Waals surface area contributed by atoms with Gasteiger partial charge in [0.2, 0.25) is 5.91 Å². The van der Waals surface area contributed by atoms with Crippen LogP contribution < -0.4 is 20.3 Å². The number of nitrogens with zero attached hydrogens (tertiary/aromatic N) is 2. The van der Waals surface area contributed by atoms with Crippen molar-refractivity contribution in [1.82, 2.24) is 10.2 Å². The van der Waals surface area contributed by atoms with E-state index in [0.717, 1.165) is 42.0 Å². The largest absolute Gasteiger partial charge is 0.496 e. The van der Waals surface area contributed by atoms with E-state index in [1.807, 2.05) is 29.2 Å². The predicted molar refractivity (Wildman–Crippen MR) is 125 cm³/mol. The molecule has 2 aromatic carbocycles. The lowest BCUT2D eigenvalue weighted by atomic mass is 10.2. The van der Waals surface area contributed by atoms with Crippen molar-refractivity contribution in [2.75, 3.05) is 43.5 Å². The number of carbonyl (C=O) groups excluding carboxylic acids is 2. The van der Waals surface area contributed by atoms with Crippen LogP contribution in [0.15, 0.2) is 46.9 Å². The Labute approximate surface area is 189 Å². The van der Waals surface area contributed by atoms with Gasteiger partial charge in [0.1, 0.15) is 5.75 Å². The molecule has 0 aliphatic carbocycles. The summed E-state index contributed by atoms with van der Waals surface area (Å²) in [5.41, 5.74) is 2.24. The third-order valence-electron chi connectivity index (χ3n) is 4.85. The molecule has 7 nitrogen and oxygen atoms in total. The Balaban J connectivity index is 1.57. The van der Waals surface area contributed by atoms with Crippen LogP contribution in [0.3, 0.4) is 0 Å². The van der Waals surface area contributed by atoms with Gasteiger partial charge in [-0.3, -0.25) is 14.9 Å². The number of amides is 2. The lowest BCUT2D eigenvalue weighted by Gasteiger charge is -2.35. The van der Waals surface area contributed by atoms with E-state index >= 15 is 0 Å². The molecular weight excluding hydrogens is 468 g/mol. The fourth-order valence-corrected chi connectivity index (χ4v) is 3.80. The van der Waals surface area contributed by atoms with Gasteiger partial charge in [-0.15, -0.1) is 0 Å². The minimum Gasteiger partial charge on any atom is -0.496 e. The number of halogens is 1. The fraction of sp³-hybridized carbons (Fsp3) is 0.286. The molecule has 0 radical (unpaired) electrons. The molecule has 30 heavy (non-hydrogen) atoms. The van der Waals surface area contributed by atoms with Gasteiger partial charge < -0.3 is 19.9 Å². The van der Waals surface area contributed by atoms with Crippen molar-refractivity contribution in [3.8, 4) is 5.75 Å². The quantitative estimate of drug-likeness (QED) is 0.640. The van der Waals surface area contributed by atoms with Crippen LogP contribution >= 0.6 is 28.1 Å². The number of anilines is 2. The predicted octanol–water partition coefficient (Wildman–Crippen LogP) is 3.25. The number of hydrogen-bond acceptors (Lipinski definition) is 5. The van der Waals surface area contributed by atoms with Gasteiger partial charge >= 0.3 is 0 Å². The smallest absolute Gasteiger partial charge is 0.261 e. The van der Waals surface area contributed by atoms with Gasteiger partial charge in [0.15, 0.2) is 5.11 Å². The van der Waals surface area contributed by atoms with Crippen molar-refractivity contribution in [2.24, 2.45) is 0 Å². The summed E-state index contributed by atoms with van der Waals surface area (Å²) in [6, 6.07) is 13.0. The lowest BCUT2D eigenvalue weighted by Crippen LogP contribution is -2.48. The standard InChI is InChI=1S/C21H23BrN4O3S/c1-14(27)25-9-11-26(12-10-25)17-6-4-16(5-7-17)23-21(30)24-20(28)18-13-15(22)3-8-19(18)29-2/h3-8,13H,9-12H2,1-2H3,(H2,23,24,28,30). The van der Waals surface area contributed by atoms with Crippen molar-refractivity contribution in [1.29, 1.82) is 0 Å². The number of nitrogens with one attached hydrogen (secondary N) is 2. The first-order valence-electron chi connectivity index (χ1n) is 9.44. The van der Waals surface area contributed by atoms with Crippen LogP contribution in [0.25, 0.3) is 0 Å². The Bertz CT molecular complexity index is 944. The summed E-state index contributed by atoms with van der Waals surface area (Å²) in [5, 5.41) is 5.89. The van der Waals surface area contributed by atoms with Gasteiger partial charge in [-0.25, -0.2) is 0 Å². The van der Waals surface area contributed by atoms with Gasteiger partial charge in [-0.2, -0.15) is 0 Å². The topological polar surface area (TPSA) is 73.9 Å². The van der Waals surface area contributed by atoms with Crippen LogP contribution in [0.4, 0.5) is 11.4 Å². The van der Waals surface area contributed by atoms with Crippen LogP contribution in [-0.4, -0.2) is 55.1 Å².